The number of anilines is 3. The van der Waals surface area contributed by atoms with Gasteiger partial charge in [0.2, 0.25) is 0 Å². The predicted octanol–water partition coefficient (Wildman–Crippen LogP) is 13.7. The van der Waals surface area contributed by atoms with E-state index in [2.05, 4.69) is 228 Å². The molecule has 0 fully saturated rings. The van der Waals surface area contributed by atoms with Gasteiger partial charge in [-0.2, -0.15) is 0 Å². The monoisotopic (exact) mass is 664 g/mol. The van der Waals surface area contributed by atoms with Gasteiger partial charge < -0.3 is 9.30 Å². The lowest BCUT2D eigenvalue weighted by atomic mass is 9.98. The van der Waals surface area contributed by atoms with E-state index < -0.39 is 0 Å². The lowest BCUT2D eigenvalue weighted by molar-refractivity contribution is 1.20. The van der Waals surface area contributed by atoms with Gasteiger partial charge >= 0.3 is 0 Å². The highest BCUT2D eigenvalue weighted by molar-refractivity contribution is 5.88. The molecule has 7 aromatic carbocycles. The van der Waals surface area contributed by atoms with Crippen LogP contribution in [0.2, 0.25) is 0 Å². The predicted molar refractivity (Wildman–Crippen MR) is 219 cm³/mol. The molecule has 2 heterocycles. The number of pyridine rings is 1. The van der Waals surface area contributed by atoms with Crippen molar-refractivity contribution in [2.24, 2.45) is 0 Å². The second-order valence-corrected chi connectivity index (χ2v) is 13.1. The average molecular weight is 665 g/mol. The number of rotatable bonds is 8. The maximum absolute atomic E-state index is 2.33. The molecular formula is C50H36N2. The van der Waals surface area contributed by atoms with Gasteiger partial charge in [-0.1, -0.05) is 158 Å². The van der Waals surface area contributed by atoms with Crippen molar-refractivity contribution < 1.29 is 0 Å². The van der Waals surface area contributed by atoms with Crippen LogP contribution in [-0.2, 0) is 0 Å². The molecule has 0 aliphatic heterocycles. The fourth-order valence-corrected chi connectivity index (χ4v) is 7.19. The molecule has 0 atom stereocenters. The van der Waals surface area contributed by atoms with Crippen molar-refractivity contribution in [2.75, 3.05) is 4.90 Å². The van der Waals surface area contributed by atoms with Crippen LogP contribution in [0, 0.1) is 0 Å². The molecule has 0 spiro atoms. The van der Waals surface area contributed by atoms with Crippen LogP contribution in [0.5, 0.6) is 0 Å². The molecular weight excluding hydrogens is 629 g/mol. The summed E-state index contributed by atoms with van der Waals surface area (Å²) in [6, 6.07) is 76.0. The average Bonchev–Trinajstić information content (AvgIpc) is 3.63. The third kappa shape index (κ3) is 6.08. The van der Waals surface area contributed by atoms with Crippen LogP contribution in [0.4, 0.5) is 17.1 Å². The van der Waals surface area contributed by atoms with Crippen LogP contribution < -0.4 is 4.90 Å². The van der Waals surface area contributed by atoms with E-state index in [1.807, 2.05) is 0 Å². The van der Waals surface area contributed by atoms with Crippen molar-refractivity contribution in [1.82, 2.24) is 4.40 Å². The highest BCUT2D eigenvalue weighted by Crippen LogP contribution is 2.39. The Morgan fingerprint density at radius 1 is 0.288 bits per heavy atom. The summed E-state index contributed by atoms with van der Waals surface area (Å²) >= 11 is 0. The molecule has 9 rings (SSSR count). The summed E-state index contributed by atoms with van der Waals surface area (Å²) in [4.78, 5) is 2.33. The molecule has 0 saturated heterocycles. The van der Waals surface area contributed by atoms with Crippen LogP contribution in [0.1, 0.15) is 0 Å². The summed E-state index contributed by atoms with van der Waals surface area (Å²) in [6.07, 6.45) is 2.15. The summed E-state index contributed by atoms with van der Waals surface area (Å²) < 4.78 is 2.29. The summed E-state index contributed by atoms with van der Waals surface area (Å²) in [5, 5.41) is 0. The van der Waals surface area contributed by atoms with E-state index in [1.165, 1.54) is 61.3 Å². The molecule has 0 bridgehead atoms. The molecule has 0 unspecified atom stereocenters. The topological polar surface area (TPSA) is 7.65 Å². The second kappa shape index (κ2) is 13.8. The smallest absolute Gasteiger partial charge is 0.0607 e. The fourth-order valence-electron chi connectivity index (χ4n) is 7.19. The number of nitrogens with zero attached hydrogens (tertiary/aromatic N) is 2. The second-order valence-electron chi connectivity index (χ2n) is 13.1. The third-order valence-electron chi connectivity index (χ3n) is 9.85. The number of hydrogen-bond acceptors (Lipinski definition) is 1. The van der Waals surface area contributed by atoms with Crippen molar-refractivity contribution in [2.45, 2.75) is 0 Å². The molecule has 0 saturated carbocycles. The Morgan fingerprint density at radius 3 is 1.08 bits per heavy atom. The van der Waals surface area contributed by atoms with Crippen LogP contribution in [-0.4, -0.2) is 4.40 Å². The minimum absolute atomic E-state index is 1.10. The zero-order chi connectivity index (χ0) is 34.7. The number of hydrogen-bond donors (Lipinski definition) is 0. The van der Waals surface area contributed by atoms with E-state index in [9.17, 15) is 0 Å². The first-order chi connectivity index (χ1) is 25.8. The SMILES string of the molecule is c1ccc(-c2ccc(N(c3ccc(-c4ccccc4)cc3)c3ccc(-c4ccc(-c5c(-c6ccccc6)cc6ccccn56)cc4)cc3)cc2)cc1. The van der Waals surface area contributed by atoms with E-state index in [-0.39, 0.29) is 0 Å². The van der Waals surface area contributed by atoms with Gasteiger partial charge in [-0.05, 0) is 99.1 Å². The standard InChI is InChI=1S/C50H36N2/c1-4-12-37(13-5-1)40-23-29-45(30-24-40)52(46-31-25-41(26-32-46)38-14-6-2-7-15-38)47-33-27-42(28-34-47)39-19-21-44(22-20-39)50-49(43-16-8-3-9-17-43)36-48-18-10-11-35-51(48)50/h1-36H. The van der Waals surface area contributed by atoms with Gasteiger partial charge in [-0.25, -0.2) is 0 Å². The van der Waals surface area contributed by atoms with Crippen molar-refractivity contribution in [1.29, 1.82) is 0 Å². The van der Waals surface area contributed by atoms with E-state index in [1.54, 1.807) is 0 Å². The summed E-state index contributed by atoms with van der Waals surface area (Å²) in [6.45, 7) is 0. The zero-order valence-corrected chi connectivity index (χ0v) is 28.7. The summed E-state index contributed by atoms with van der Waals surface area (Å²) in [5.41, 5.74) is 16.5. The number of benzene rings is 7. The van der Waals surface area contributed by atoms with Crippen LogP contribution in [0.15, 0.2) is 219 Å². The van der Waals surface area contributed by atoms with E-state index in [0.717, 1.165) is 17.1 Å². The molecule has 0 aliphatic rings. The quantitative estimate of drug-likeness (QED) is 0.157. The lowest BCUT2D eigenvalue weighted by Crippen LogP contribution is -2.09. The normalized spacial score (nSPS) is 11.1. The maximum atomic E-state index is 2.33. The van der Waals surface area contributed by atoms with Crippen molar-refractivity contribution >= 4 is 22.6 Å². The van der Waals surface area contributed by atoms with Crippen molar-refractivity contribution in [3.63, 3.8) is 0 Å². The molecule has 0 aliphatic carbocycles. The minimum atomic E-state index is 1.10. The Kier molecular flexibility index (Phi) is 8.24. The zero-order valence-electron chi connectivity index (χ0n) is 28.7. The number of aromatic nitrogens is 1. The van der Waals surface area contributed by atoms with Crippen LogP contribution in [0.3, 0.4) is 0 Å². The van der Waals surface area contributed by atoms with Crippen molar-refractivity contribution in [3.05, 3.63) is 219 Å². The minimum Gasteiger partial charge on any atom is -0.316 e. The van der Waals surface area contributed by atoms with Gasteiger partial charge in [-0.15, -0.1) is 0 Å². The Bertz CT molecular complexity index is 2470. The highest BCUT2D eigenvalue weighted by atomic mass is 15.1. The molecule has 52 heavy (non-hydrogen) atoms. The fraction of sp³-hybridized carbons (Fsp3) is 0. The Hall–Kier alpha value is -6.90. The molecule has 9 aromatic rings. The summed E-state index contributed by atoms with van der Waals surface area (Å²) in [5.74, 6) is 0. The Balaban J connectivity index is 1.05. The maximum Gasteiger partial charge on any atom is 0.0607 e. The molecule has 0 N–H and O–H groups in total. The van der Waals surface area contributed by atoms with Gasteiger partial charge in [-0.3, -0.25) is 0 Å². The van der Waals surface area contributed by atoms with E-state index in [4.69, 9.17) is 0 Å². The third-order valence-corrected chi connectivity index (χ3v) is 9.85. The van der Waals surface area contributed by atoms with Gasteiger partial charge in [0.1, 0.15) is 0 Å². The molecule has 2 nitrogen and oxygen atoms in total. The summed E-state index contributed by atoms with van der Waals surface area (Å²) in [7, 11) is 0. The van der Waals surface area contributed by atoms with Crippen molar-refractivity contribution in [3.8, 4) is 55.8 Å². The van der Waals surface area contributed by atoms with Gasteiger partial charge in [0, 0.05) is 34.3 Å². The van der Waals surface area contributed by atoms with E-state index in [0.29, 0.717) is 0 Å². The Labute approximate surface area is 305 Å². The molecule has 246 valence electrons. The first-order valence-electron chi connectivity index (χ1n) is 17.8. The van der Waals surface area contributed by atoms with Crippen LogP contribution in [0.25, 0.3) is 61.3 Å². The molecule has 2 heteroatoms. The van der Waals surface area contributed by atoms with Crippen LogP contribution >= 0.6 is 0 Å². The first kappa shape index (κ1) is 31.1. The first-order valence-corrected chi connectivity index (χ1v) is 17.8. The molecule has 0 amide bonds. The Morgan fingerprint density at radius 2 is 0.635 bits per heavy atom. The highest BCUT2D eigenvalue weighted by Gasteiger charge is 2.16. The van der Waals surface area contributed by atoms with E-state index >= 15 is 0 Å². The largest absolute Gasteiger partial charge is 0.316 e. The lowest BCUT2D eigenvalue weighted by Gasteiger charge is -2.26. The van der Waals surface area contributed by atoms with Gasteiger partial charge in [0.25, 0.3) is 0 Å². The number of fused-ring (bicyclic) bond motifs is 1. The molecule has 0 radical (unpaired) electrons. The molecule has 2 aromatic heterocycles. The van der Waals surface area contributed by atoms with Gasteiger partial charge in [0.05, 0.1) is 5.69 Å². The van der Waals surface area contributed by atoms with Gasteiger partial charge in [0.15, 0.2) is 0 Å².